The highest BCUT2D eigenvalue weighted by molar-refractivity contribution is 5.96. The molecule has 6 nitrogen and oxygen atoms in total. The summed E-state index contributed by atoms with van der Waals surface area (Å²) in [6.07, 6.45) is 1.63. The second kappa shape index (κ2) is 8.10. The van der Waals surface area contributed by atoms with Crippen molar-refractivity contribution in [3.63, 3.8) is 0 Å². The number of nitrogens with zero attached hydrogens (tertiary/aromatic N) is 3. The number of likely N-dealkylation sites (N-methyl/N-ethyl adjacent to an activating group) is 1. The summed E-state index contributed by atoms with van der Waals surface area (Å²) in [4.78, 5) is 21.2. The van der Waals surface area contributed by atoms with Crippen LogP contribution in [0.25, 0.3) is 0 Å². The fourth-order valence-electron chi connectivity index (χ4n) is 2.54. The van der Waals surface area contributed by atoms with Crippen LogP contribution in [0.2, 0.25) is 0 Å². The lowest BCUT2D eigenvalue weighted by Crippen LogP contribution is -2.51. The highest BCUT2D eigenvalue weighted by atomic mass is 16.5. The van der Waals surface area contributed by atoms with E-state index in [4.69, 9.17) is 4.74 Å². The SMILES string of the molecule is CCOc1ncccc1C(=O)NCC(C)N1CCN(C)CC1. The van der Waals surface area contributed by atoms with Crippen molar-refractivity contribution in [2.24, 2.45) is 0 Å². The van der Waals surface area contributed by atoms with Gasteiger partial charge in [-0.1, -0.05) is 0 Å². The average molecular weight is 306 g/mol. The highest BCUT2D eigenvalue weighted by Crippen LogP contribution is 2.14. The van der Waals surface area contributed by atoms with E-state index >= 15 is 0 Å². The van der Waals surface area contributed by atoms with Crippen LogP contribution in [-0.2, 0) is 0 Å². The quantitative estimate of drug-likeness (QED) is 0.844. The minimum Gasteiger partial charge on any atom is -0.477 e. The van der Waals surface area contributed by atoms with Crippen molar-refractivity contribution >= 4 is 5.91 Å². The number of ether oxygens (including phenoxy) is 1. The smallest absolute Gasteiger partial charge is 0.256 e. The third kappa shape index (κ3) is 4.42. The first-order valence-electron chi connectivity index (χ1n) is 7.90. The molecule has 1 fully saturated rings. The van der Waals surface area contributed by atoms with Gasteiger partial charge in [0.1, 0.15) is 5.56 Å². The van der Waals surface area contributed by atoms with Crippen LogP contribution in [0.5, 0.6) is 5.88 Å². The maximum atomic E-state index is 12.3. The summed E-state index contributed by atoms with van der Waals surface area (Å²) in [6, 6.07) is 3.82. The lowest BCUT2D eigenvalue weighted by Gasteiger charge is -2.36. The van der Waals surface area contributed by atoms with Gasteiger partial charge in [-0.05, 0) is 33.0 Å². The monoisotopic (exact) mass is 306 g/mol. The normalized spacial score (nSPS) is 18.0. The topological polar surface area (TPSA) is 57.7 Å². The van der Waals surface area contributed by atoms with Gasteiger partial charge in [0.05, 0.1) is 6.61 Å². The predicted octanol–water partition coefficient (Wildman–Crippen LogP) is 0.846. The molecule has 0 aliphatic carbocycles. The van der Waals surface area contributed by atoms with E-state index in [-0.39, 0.29) is 5.91 Å². The van der Waals surface area contributed by atoms with Crippen LogP contribution in [-0.4, -0.2) is 73.1 Å². The number of hydrogen-bond donors (Lipinski definition) is 1. The minimum absolute atomic E-state index is 0.127. The van der Waals surface area contributed by atoms with Gasteiger partial charge in [0.2, 0.25) is 5.88 Å². The molecule has 1 saturated heterocycles. The summed E-state index contributed by atoms with van der Waals surface area (Å²) in [6.45, 7) is 9.40. The van der Waals surface area contributed by atoms with Crippen molar-refractivity contribution in [2.75, 3.05) is 46.4 Å². The summed E-state index contributed by atoms with van der Waals surface area (Å²) < 4.78 is 5.41. The van der Waals surface area contributed by atoms with Gasteiger partial charge in [-0.15, -0.1) is 0 Å². The average Bonchev–Trinajstić information content (AvgIpc) is 2.54. The number of amides is 1. The molecule has 1 aliphatic rings. The zero-order valence-electron chi connectivity index (χ0n) is 13.7. The molecule has 1 unspecified atom stereocenters. The summed E-state index contributed by atoms with van der Waals surface area (Å²) >= 11 is 0. The van der Waals surface area contributed by atoms with Crippen molar-refractivity contribution < 1.29 is 9.53 Å². The molecule has 6 heteroatoms. The Morgan fingerprint density at radius 1 is 1.41 bits per heavy atom. The predicted molar refractivity (Wildman–Crippen MR) is 86.3 cm³/mol. The number of hydrogen-bond acceptors (Lipinski definition) is 5. The Balaban J connectivity index is 1.87. The molecular formula is C16H26N4O2. The van der Waals surface area contributed by atoms with Gasteiger partial charge in [0.25, 0.3) is 5.91 Å². The molecular weight excluding hydrogens is 280 g/mol. The Morgan fingerprint density at radius 3 is 2.82 bits per heavy atom. The van der Waals surface area contributed by atoms with Crippen LogP contribution in [0.3, 0.4) is 0 Å². The standard InChI is InChI=1S/C16H26N4O2/c1-4-22-16-14(6-5-7-17-16)15(21)18-12-13(2)20-10-8-19(3)9-11-20/h5-7,13H,4,8-12H2,1-3H3,(H,18,21). The van der Waals surface area contributed by atoms with Gasteiger partial charge in [-0.2, -0.15) is 0 Å². The van der Waals surface area contributed by atoms with Crippen LogP contribution in [0.4, 0.5) is 0 Å². The third-order valence-corrected chi connectivity index (χ3v) is 4.02. The first-order valence-corrected chi connectivity index (χ1v) is 7.90. The van der Waals surface area contributed by atoms with Crippen molar-refractivity contribution in [1.82, 2.24) is 20.1 Å². The molecule has 1 amide bonds. The van der Waals surface area contributed by atoms with E-state index in [1.165, 1.54) is 0 Å². The summed E-state index contributed by atoms with van der Waals surface area (Å²) in [5.41, 5.74) is 0.495. The lowest BCUT2D eigenvalue weighted by molar-refractivity contribution is 0.0899. The summed E-state index contributed by atoms with van der Waals surface area (Å²) in [5.74, 6) is 0.271. The van der Waals surface area contributed by atoms with Crippen LogP contribution in [0.1, 0.15) is 24.2 Å². The number of carbonyl (C=O) groups excluding carboxylic acids is 1. The Labute approximate surface area is 132 Å². The first kappa shape index (κ1) is 16.7. The largest absolute Gasteiger partial charge is 0.477 e. The maximum Gasteiger partial charge on any atom is 0.256 e. The van der Waals surface area contributed by atoms with E-state index in [9.17, 15) is 4.79 Å². The number of rotatable bonds is 6. The molecule has 0 saturated carbocycles. The van der Waals surface area contributed by atoms with Gasteiger partial charge in [-0.25, -0.2) is 4.98 Å². The van der Waals surface area contributed by atoms with Crippen molar-refractivity contribution in [1.29, 1.82) is 0 Å². The van der Waals surface area contributed by atoms with Gasteiger partial charge in [-0.3, -0.25) is 9.69 Å². The molecule has 22 heavy (non-hydrogen) atoms. The van der Waals surface area contributed by atoms with E-state index in [1.54, 1.807) is 18.3 Å². The van der Waals surface area contributed by atoms with Crippen LogP contribution < -0.4 is 10.1 Å². The van der Waals surface area contributed by atoms with E-state index in [0.717, 1.165) is 26.2 Å². The minimum atomic E-state index is -0.127. The van der Waals surface area contributed by atoms with E-state index in [1.807, 2.05) is 6.92 Å². The zero-order valence-corrected chi connectivity index (χ0v) is 13.7. The van der Waals surface area contributed by atoms with Crippen molar-refractivity contribution in [2.45, 2.75) is 19.9 Å². The Kier molecular flexibility index (Phi) is 6.15. The summed E-state index contributed by atoms with van der Waals surface area (Å²) in [5, 5.41) is 2.99. The molecule has 1 N–H and O–H groups in total. The molecule has 1 atom stereocenters. The van der Waals surface area contributed by atoms with E-state index in [0.29, 0.717) is 30.6 Å². The molecule has 1 aromatic rings. The molecule has 2 rings (SSSR count). The molecule has 1 aliphatic heterocycles. The molecule has 1 aromatic heterocycles. The number of nitrogens with one attached hydrogen (secondary N) is 1. The number of pyridine rings is 1. The van der Waals surface area contributed by atoms with Gasteiger partial charge in [0.15, 0.2) is 0 Å². The Bertz CT molecular complexity index is 487. The zero-order chi connectivity index (χ0) is 15.9. The molecule has 0 spiro atoms. The van der Waals surface area contributed by atoms with Crippen LogP contribution >= 0.6 is 0 Å². The first-order chi connectivity index (χ1) is 10.6. The van der Waals surface area contributed by atoms with Crippen molar-refractivity contribution in [3.05, 3.63) is 23.9 Å². The molecule has 0 bridgehead atoms. The maximum absolute atomic E-state index is 12.3. The summed E-state index contributed by atoms with van der Waals surface area (Å²) in [7, 11) is 2.14. The number of aromatic nitrogens is 1. The second-order valence-corrected chi connectivity index (χ2v) is 5.69. The lowest BCUT2D eigenvalue weighted by atomic mass is 10.2. The van der Waals surface area contributed by atoms with Gasteiger partial charge < -0.3 is 15.0 Å². The molecule has 122 valence electrons. The van der Waals surface area contributed by atoms with Crippen molar-refractivity contribution in [3.8, 4) is 5.88 Å². The molecule has 0 radical (unpaired) electrons. The van der Waals surface area contributed by atoms with E-state index in [2.05, 4.69) is 34.1 Å². The fourth-order valence-corrected chi connectivity index (χ4v) is 2.54. The molecule has 0 aromatic carbocycles. The Hall–Kier alpha value is -1.66. The second-order valence-electron chi connectivity index (χ2n) is 5.69. The van der Waals surface area contributed by atoms with Gasteiger partial charge in [0, 0.05) is 45.0 Å². The van der Waals surface area contributed by atoms with Crippen LogP contribution in [0.15, 0.2) is 18.3 Å². The van der Waals surface area contributed by atoms with Gasteiger partial charge >= 0.3 is 0 Å². The number of piperazine rings is 1. The fraction of sp³-hybridized carbons (Fsp3) is 0.625. The third-order valence-electron chi connectivity index (χ3n) is 4.02. The van der Waals surface area contributed by atoms with Crippen LogP contribution in [0, 0.1) is 0 Å². The Morgan fingerprint density at radius 2 is 2.14 bits per heavy atom. The highest BCUT2D eigenvalue weighted by Gasteiger charge is 2.20. The number of carbonyl (C=O) groups is 1. The van der Waals surface area contributed by atoms with E-state index < -0.39 is 0 Å². The molecule has 2 heterocycles.